The lowest BCUT2D eigenvalue weighted by Gasteiger charge is -2.30. The lowest BCUT2D eigenvalue weighted by molar-refractivity contribution is 0.240. The number of hydrogen-bond donors (Lipinski definition) is 2. The number of halogens is 1. The summed E-state index contributed by atoms with van der Waals surface area (Å²) < 4.78 is 13.3. The summed E-state index contributed by atoms with van der Waals surface area (Å²) in [4.78, 5) is 2.28. The van der Waals surface area contributed by atoms with Crippen molar-refractivity contribution in [3.8, 4) is 0 Å². The third kappa shape index (κ3) is 4.07. The lowest BCUT2D eigenvalue weighted by atomic mass is 9.87. The average Bonchev–Trinajstić information content (AvgIpc) is 2.49. The van der Waals surface area contributed by atoms with Crippen molar-refractivity contribution in [3.63, 3.8) is 0 Å². The van der Waals surface area contributed by atoms with Crippen molar-refractivity contribution in [1.29, 1.82) is 0 Å². The minimum Gasteiger partial charge on any atom is -0.411 e. The fourth-order valence-corrected chi connectivity index (χ4v) is 2.97. The zero-order valence-electron chi connectivity index (χ0n) is 13.2. The van der Waals surface area contributed by atoms with Gasteiger partial charge in [-0.2, -0.15) is 0 Å². The van der Waals surface area contributed by atoms with Crippen molar-refractivity contribution >= 4 is 6.21 Å². The van der Waals surface area contributed by atoms with Gasteiger partial charge in [0.2, 0.25) is 0 Å². The molecule has 3 N–H and O–H groups in total. The number of nitrogens with two attached hydrogens (primary N) is 1. The fourth-order valence-electron chi connectivity index (χ4n) is 2.97. The van der Waals surface area contributed by atoms with Gasteiger partial charge in [-0.05, 0) is 68.6 Å². The number of piperidine rings is 1. The monoisotopic (exact) mass is 305 g/mol. The summed E-state index contributed by atoms with van der Waals surface area (Å²) in [6.45, 7) is 3.76. The van der Waals surface area contributed by atoms with Gasteiger partial charge >= 0.3 is 0 Å². The van der Waals surface area contributed by atoms with Gasteiger partial charge in [-0.15, -0.1) is 0 Å². The minimum atomic E-state index is -0.209. The predicted octanol–water partition coefficient (Wildman–Crippen LogP) is 2.69. The highest BCUT2D eigenvalue weighted by atomic mass is 19.1. The van der Waals surface area contributed by atoms with Crippen LogP contribution >= 0.6 is 0 Å². The Hall–Kier alpha value is -1.88. The molecular weight excluding hydrogens is 281 g/mol. The molecule has 0 amide bonds. The van der Waals surface area contributed by atoms with E-state index in [1.807, 2.05) is 6.07 Å². The van der Waals surface area contributed by atoms with Crippen LogP contribution in [0.5, 0.6) is 0 Å². The van der Waals surface area contributed by atoms with E-state index in [0.29, 0.717) is 23.6 Å². The molecule has 22 heavy (non-hydrogen) atoms. The van der Waals surface area contributed by atoms with Crippen LogP contribution in [-0.4, -0.2) is 36.5 Å². The Morgan fingerprint density at radius 3 is 2.73 bits per heavy atom. The number of oxime groups is 1. The van der Waals surface area contributed by atoms with Crippen LogP contribution in [0.3, 0.4) is 0 Å². The zero-order valence-corrected chi connectivity index (χ0v) is 13.2. The van der Waals surface area contributed by atoms with Crippen LogP contribution in [0.2, 0.25) is 0 Å². The highest BCUT2D eigenvalue weighted by Gasteiger charge is 2.21. The Balaban J connectivity index is 2.20. The molecule has 0 unspecified atom stereocenters. The maximum absolute atomic E-state index is 13.3. The van der Waals surface area contributed by atoms with Crippen molar-refractivity contribution in [2.24, 2.45) is 16.8 Å². The van der Waals surface area contributed by atoms with Gasteiger partial charge in [-0.3, -0.25) is 0 Å². The summed E-state index contributed by atoms with van der Waals surface area (Å²) in [6.07, 6.45) is 4.00. The normalized spacial score (nSPS) is 18.7. The van der Waals surface area contributed by atoms with Crippen molar-refractivity contribution in [3.05, 3.63) is 46.4 Å². The molecule has 5 heteroatoms. The number of rotatable bonds is 4. The van der Waals surface area contributed by atoms with E-state index in [1.54, 1.807) is 13.0 Å². The van der Waals surface area contributed by atoms with Crippen LogP contribution in [0, 0.1) is 18.7 Å². The molecule has 0 bridgehead atoms. The maximum atomic E-state index is 13.3. The van der Waals surface area contributed by atoms with E-state index in [4.69, 9.17) is 10.9 Å². The largest absolute Gasteiger partial charge is 0.411 e. The first-order valence-corrected chi connectivity index (χ1v) is 7.60. The Labute approximate surface area is 131 Å². The van der Waals surface area contributed by atoms with Crippen molar-refractivity contribution in [1.82, 2.24) is 4.90 Å². The molecule has 0 aromatic heterocycles. The zero-order chi connectivity index (χ0) is 16.1. The molecule has 0 radical (unpaired) electrons. The van der Waals surface area contributed by atoms with Gasteiger partial charge < -0.3 is 15.8 Å². The molecule has 1 aliphatic rings. The highest BCUT2D eigenvalue weighted by molar-refractivity contribution is 5.79. The number of hydrogen-bond acceptors (Lipinski definition) is 4. The Bertz CT molecular complexity index is 575. The number of nitrogens with zero attached hydrogens (tertiary/aromatic N) is 2. The van der Waals surface area contributed by atoms with Gasteiger partial charge in [0.1, 0.15) is 5.82 Å². The summed E-state index contributed by atoms with van der Waals surface area (Å²) >= 11 is 0. The van der Waals surface area contributed by atoms with Crippen LogP contribution in [0.15, 0.2) is 34.6 Å². The highest BCUT2D eigenvalue weighted by Crippen LogP contribution is 2.25. The number of aryl methyl sites for hydroxylation is 1. The van der Waals surface area contributed by atoms with Crippen LogP contribution in [0.1, 0.15) is 24.0 Å². The molecule has 1 aromatic rings. The van der Waals surface area contributed by atoms with Crippen molar-refractivity contribution in [2.45, 2.75) is 26.2 Å². The molecule has 1 aromatic carbocycles. The van der Waals surface area contributed by atoms with E-state index >= 15 is 0 Å². The second kappa shape index (κ2) is 7.40. The predicted molar refractivity (Wildman–Crippen MR) is 86.6 cm³/mol. The van der Waals surface area contributed by atoms with Crippen molar-refractivity contribution in [2.75, 3.05) is 20.1 Å². The minimum absolute atomic E-state index is 0.209. The summed E-state index contributed by atoms with van der Waals surface area (Å²) in [5, 5.41) is 12.1. The molecule has 1 fully saturated rings. The number of allylic oxidation sites excluding steroid dienone is 2. The number of likely N-dealkylation sites (tertiary alicyclic amines) is 1. The van der Waals surface area contributed by atoms with Gasteiger partial charge in [0.15, 0.2) is 0 Å². The molecule has 0 saturated carbocycles. The van der Waals surface area contributed by atoms with E-state index < -0.39 is 0 Å². The second-order valence-electron chi connectivity index (χ2n) is 6.06. The van der Waals surface area contributed by atoms with E-state index in [9.17, 15) is 4.39 Å². The molecule has 2 rings (SSSR count). The molecule has 0 spiro atoms. The van der Waals surface area contributed by atoms with Gasteiger partial charge in [-0.25, -0.2) is 4.39 Å². The van der Waals surface area contributed by atoms with Gasteiger partial charge in [0.25, 0.3) is 0 Å². The summed E-state index contributed by atoms with van der Waals surface area (Å²) in [6, 6.07) is 5.02. The Kier molecular flexibility index (Phi) is 5.55. The van der Waals surface area contributed by atoms with E-state index in [-0.39, 0.29) is 5.82 Å². The molecule has 1 heterocycles. The van der Waals surface area contributed by atoms with E-state index in [1.165, 1.54) is 12.3 Å². The SMILES string of the molecule is Cc1cc(C/C(N)=C(/C=N/O)C2CCN(C)CC2)ccc1F. The first-order chi connectivity index (χ1) is 10.5. The maximum Gasteiger partial charge on any atom is 0.126 e. The molecule has 0 atom stereocenters. The molecule has 4 nitrogen and oxygen atoms in total. The topological polar surface area (TPSA) is 61.9 Å². The smallest absolute Gasteiger partial charge is 0.126 e. The van der Waals surface area contributed by atoms with Crippen LogP contribution in [-0.2, 0) is 6.42 Å². The van der Waals surface area contributed by atoms with Gasteiger partial charge in [0.05, 0.1) is 6.21 Å². The summed E-state index contributed by atoms with van der Waals surface area (Å²) in [5.74, 6) is 0.104. The van der Waals surface area contributed by atoms with Crippen LogP contribution in [0.25, 0.3) is 0 Å². The first kappa shape index (κ1) is 16.5. The van der Waals surface area contributed by atoms with E-state index in [2.05, 4.69) is 17.1 Å². The summed E-state index contributed by atoms with van der Waals surface area (Å²) in [5.41, 5.74) is 9.43. The van der Waals surface area contributed by atoms with Gasteiger partial charge in [-0.1, -0.05) is 17.3 Å². The summed E-state index contributed by atoms with van der Waals surface area (Å²) in [7, 11) is 2.10. The van der Waals surface area contributed by atoms with Crippen LogP contribution in [0.4, 0.5) is 4.39 Å². The Morgan fingerprint density at radius 1 is 1.45 bits per heavy atom. The van der Waals surface area contributed by atoms with E-state index in [0.717, 1.165) is 37.1 Å². The second-order valence-corrected chi connectivity index (χ2v) is 6.06. The van der Waals surface area contributed by atoms with Crippen molar-refractivity contribution < 1.29 is 9.60 Å². The van der Waals surface area contributed by atoms with Gasteiger partial charge in [0, 0.05) is 12.1 Å². The first-order valence-electron chi connectivity index (χ1n) is 7.60. The third-order valence-electron chi connectivity index (χ3n) is 4.34. The molecule has 120 valence electrons. The lowest BCUT2D eigenvalue weighted by Crippen LogP contribution is -2.32. The average molecular weight is 305 g/mol. The molecule has 1 saturated heterocycles. The standard InChI is InChI=1S/C17H24FN3O/c1-12-9-13(3-4-16(12)18)10-17(19)15(11-20-22)14-5-7-21(2)8-6-14/h3-4,9,11,14,22H,5-8,10,19H2,1-2H3/b17-15+,20-11+. The van der Waals surface area contributed by atoms with Crippen LogP contribution < -0.4 is 5.73 Å². The third-order valence-corrected chi connectivity index (χ3v) is 4.34. The fraction of sp³-hybridized carbons (Fsp3) is 0.471. The molecule has 0 aliphatic carbocycles. The molecular formula is C17H24FN3O. The quantitative estimate of drug-likeness (QED) is 0.511. The Morgan fingerprint density at radius 2 is 2.14 bits per heavy atom. The number of benzene rings is 1. The molecule has 1 aliphatic heterocycles.